The third kappa shape index (κ3) is 7.22. The fourth-order valence-corrected chi connectivity index (χ4v) is 0.313. The number of aromatic nitrogens is 1. The summed E-state index contributed by atoms with van der Waals surface area (Å²) in [5.74, 6) is -0.0216. The molecule has 0 spiro atoms. The first kappa shape index (κ1) is 11.1. The lowest BCUT2D eigenvalue weighted by molar-refractivity contribution is -0.114. The zero-order chi connectivity index (χ0) is 9.40. The number of hydrogen-bond acceptors (Lipinski definition) is 2. The van der Waals surface area contributed by atoms with E-state index in [-0.39, 0.29) is 11.2 Å². The SMILES string of the molecule is CC(C)C(=O)Cl.c1ccncc1. The first-order valence-corrected chi connectivity index (χ1v) is 4.06. The van der Waals surface area contributed by atoms with Crippen LogP contribution in [0.1, 0.15) is 13.8 Å². The largest absolute Gasteiger partial charge is 0.281 e. The molecule has 0 saturated carbocycles. The normalized spacial score (nSPS) is 8.67. The van der Waals surface area contributed by atoms with E-state index in [2.05, 4.69) is 4.98 Å². The highest BCUT2D eigenvalue weighted by Gasteiger charge is 1.98. The third-order valence-electron chi connectivity index (χ3n) is 1.02. The van der Waals surface area contributed by atoms with Gasteiger partial charge in [0.2, 0.25) is 5.24 Å². The van der Waals surface area contributed by atoms with E-state index in [1.165, 1.54) is 0 Å². The quantitative estimate of drug-likeness (QED) is 0.630. The van der Waals surface area contributed by atoms with Crippen molar-refractivity contribution in [1.29, 1.82) is 0 Å². The van der Waals surface area contributed by atoms with Crippen molar-refractivity contribution in [1.82, 2.24) is 4.98 Å². The van der Waals surface area contributed by atoms with Crippen molar-refractivity contribution in [2.75, 3.05) is 0 Å². The van der Waals surface area contributed by atoms with Crippen LogP contribution >= 0.6 is 11.6 Å². The molecule has 0 amide bonds. The zero-order valence-corrected chi connectivity index (χ0v) is 7.95. The number of halogens is 1. The van der Waals surface area contributed by atoms with Gasteiger partial charge in [-0.3, -0.25) is 9.78 Å². The standard InChI is InChI=1S/C5H5N.C4H7ClO/c1-2-4-6-5-3-1;1-3(2)4(5)6/h1-5H;3H,1-2H3. The van der Waals surface area contributed by atoms with Gasteiger partial charge in [0, 0.05) is 18.3 Å². The fraction of sp³-hybridized carbons (Fsp3) is 0.333. The predicted octanol–water partition coefficient (Wildman–Crippen LogP) is 2.49. The highest BCUT2D eigenvalue weighted by Crippen LogP contribution is 1.95. The molecule has 0 unspecified atom stereocenters. The molecular weight excluding hydrogens is 174 g/mol. The molecule has 1 rings (SSSR count). The summed E-state index contributed by atoms with van der Waals surface area (Å²) < 4.78 is 0. The topological polar surface area (TPSA) is 30.0 Å². The molecule has 2 nitrogen and oxygen atoms in total. The van der Waals surface area contributed by atoms with Gasteiger partial charge in [-0.2, -0.15) is 0 Å². The van der Waals surface area contributed by atoms with Crippen LogP contribution in [0.25, 0.3) is 0 Å². The van der Waals surface area contributed by atoms with Crippen LogP contribution in [0.4, 0.5) is 0 Å². The van der Waals surface area contributed by atoms with Gasteiger partial charge in [0.05, 0.1) is 0 Å². The zero-order valence-electron chi connectivity index (χ0n) is 7.20. The minimum Gasteiger partial charge on any atom is -0.281 e. The highest BCUT2D eigenvalue weighted by molar-refractivity contribution is 6.63. The lowest BCUT2D eigenvalue weighted by Gasteiger charge is -1.88. The second kappa shape index (κ2) is 6.80. The first-order valence-electron chi connectivity index (χ1n) is 3.69. The second-order valence-corrected chi connectivity index (χ2v) is 2.86. The predicted molar refractivity (Wildman–Crippen MR) is 49.9 cm³/mol. The Balaban J connectivity index is 0.000000202. The Morgan fingerprint density at radius 1 is 1.25 bits per heavy atom. The molecule has 0 fully saturated rings. The summed E-state index contributed by atoms with van der Waals surface area (Å²) >= 11 is 4.97. The second-order valence-electron chi connectivity index (χ2n) is 2.48. The first-order chi connectivity index (χ1) is 5.64. The van der Waals surface area contributed by atoms with E-state index in [1.54, 1.807) is 26.2 Å². The van der Waals surface area contributed by atoms with Crippen molar-refractivity contribution in [3.05, 3.63) is 30.6 Å². The Morgan fingerprint density at radius 3 is 1.75 bits per heavy atom. The number of nitrogens with zero attached hydrogens (tertiary/aromatic N) is 1. The monoisotopic (exact) mass is 185 g/mol. The Morgan fingerprint density at radius 2 is 1.67 bits per heavy atom. The van der Waals surface area contributed by atoms with E-state index >= 15 is 0 Å². The van der Waals surface area contributed by atoms with Crippen LogP contribution in [0.2, 0.25) is 0 Å². The van der Waals surface area contributed by atoms with Crippen molar-refractivity contribution in [2.45, 2.75) is 13.8 Å². The lowest BCUT2D eigenvalue weighted by Crippen LogP contribution is -1.95. The summed E-state index contributed by atoms with van der Waals surface area (Å²) in [4.78, 5) is 13.7. The van der Waals surface area contributed by atoms with E-state index < -0.39 is 0 Å². The van der Waals surface area contributed by atoms with Crippen LogP contribution in [-0.2, 0) is 4.79 Å². The number of carbonyl (C=O) groups is 1. The molecule has 3 heteroatoms. The van der Waals surface area contributed by atoms with Gasteiger partial charge in [0.25, 0.3) is 0 Å². The molecule has 12 heavy (non-hydrogen) atoms. The fourth-order valence-electron chi connectivity index (χ4n) is 0.313. The summed E-state index contributed by atoms with van der Waals surface area (Å²) in [5, 5.41) is -0.269. The van der Waals surface area contributed by atoms with Gasteiger partial charge in [-0.1, -0.05) is 19.9 Å². The lowest BCUT2D eigenvalue weighted by atomic mass is 10.3. The third-order valence-corrected chi connectivity index (χ3v) is 1.46. The van der Waals surface area contributed by atoms with E-state index in [1.807, 2.05) is 18.2 Å². The maximum absolute atomic E-state index is 9.91. The molecule has 0 aliphatic rings. The average Bonchev–Trinajstić information content (AvgIpc) is 2.08. The van der Waals surface area contributed by atoms with Crippen molar-refractivity contribution in [3.8, 4) is 0 Å². The molecule has 0 aliphatic carbocycles. The van der Waals surface area contributed by atoms with Crippen LogP contribution < -0.4 is 0 Å². The van der Waals surface area contributed by atoms with Crippen LogP contribution in [0, 0.1) is 5.92 Å². The summed E-state index contributed by atoms with van der Waals surface area (Å²) in [6.07, 6.45) is 3.50. The van der Waals surface area contributed by atoms with Gasteiger partial charge >= 0.3 is 0 Å². The number of pyridine rings is 1. The Hall–Kier alpha value is -0.890. The average molecular weight is 186 g/mol. The molecule has 0 aromatic carbocycles. The molecule has 1 heterocycles. The van der Waals surface area contributed by atoms with Crippen LogP contribution in [0.3, 0.4) is 0 Å². The van der Waals surface area contributed by atoms with E-state index in [4.69, 9.17) is 11.6 Å². The minimum absolute atomic E-state index is 0.0216. The molecule has 1 aromatic rings. The van der Waals surface area contributed by atoms with Gasteiger partial charge in [-0.05, 0) is 23.7 Å². The molecule has 0 atom stereocenters. The van der Waals surface area contributed by atoms with E-state index in [0.717, 1.165) is 0 Å². The smallest absolute Gasteiger partial charge is 0.224 e. The van der Waals surface area contributed by atoms with E-state index in [0.29, 0.717) is 0 Å². The van der Waals surface area contributed by atoms with Gasteiger partial charge in [-0.15, -0.1) is 0 Å². The van der Waals surface area contributed by atoms with Gasteiger partial charge < -0.3 is 0 Å². The van der Waals surface area contributed by atoms with Crippen molar-refractivity contribution in [3.63, 3.8) is 0 Å². The van der Waals surface area contributed by atoms with Crippen LogP contribution in [-0.4, -0.2) is 10.2 Å². The summed E-state index contributed by atoms with van der Waals surface area (Å²) in [6.45, 7) is 3.52. The molecule has 0 radical (unpaired) electrons. The van der Waals surface area contributed by atoms with Crippen molar-refractivity contribution < 1.29 is 4.79 Å². The van der Waals surface area contributed by atoms with Gasteiger partial charge in [0.1, 0.15) is 0 Å². The Labute approximate surface area is 77.6 Å². The highest BCUT2D eigenvalue weighted by atomic mass is 35.5. The molecule has 0 bridgehead atoms. The molecular formula is C9H12ClNO. The number of rotatable bonds is 1. The maximum atomic E-state index is 9.91. The molecule has 1 aromatic heterocycles. The Bertz CT molecular complexity index is 184. The van der Waals surface area contributed by atoms with Gasteiger partial charge in [0.15, 0.2) is 0 Å². The molecule has 0 aliphatic heterocycles. The Kier molecular flexibility index (Phi) is 6.29. The summed E-state index contributed by atoms with van der Waals surface area (Å²) in [6, 6.07) is 5.72. The van der Waals surface area contributed by atoms with Crippen LogP contribution in [0.5, 0.6) is 0 Å². The summed E-state index contributed by atoms with van der Waals surface area (Å²) in [5.41, 5.74) is 0. The number of hydrogen-bond donors (Lipinski definition) is 0. The van der Waals surface area contributed by atoms with Crippen LogP contribution in [0.15, 0.2) is 30.6 Å². The number of carbonyl (C=O) groups excluding carboxylic acids is 1. The summed E-state index contributed by atoms with van der Waals surface area (Å²) in [7, 11) is 0. The van der Waals surface area contributed by atoms with Crippen molar-refractivity contribution >= 4 is 16.8 Å². The molecule has 0 N–H and O–H groups in total. The van der Waals surface area contributed by atoms with Gasteiger partial charge in [-0.25, -0.2) is 0 Å². The molecule has 66 valence electrons. The minimum atomic E-state index is -0.269. The van der Waals surface area contributed by atoms with E-state index in [9.17, 15) is 4.79 Å². The molecule has 0 saturated heterocycles. The van der Waals surface area contributed by atoms with Crippen molar-refractivity contribution in [2.24, 2.45) is 5.92 Å². The maximum Gasteiger partial charge on any atom is 0.224 e.